The van der Waals surface area contributed by atoms with Crippen LogP contribution in [0.4, 0.5) is 11.5 Å². The van der Waals surface area contributed by atoms with Crippen LogP contribution in [0.1, 0.15) is 38.2 Å². The van der Waals surface area contributed by atoms with Gasteiger partial charge in [0, 0.05) is 31.2 Å². The highest BCUT2D eigenvalue weighted by atomic mass is 15.3. The number of hydrogen-bond donors (Lipinski definition) is 1. The van der Waals surface area contributed by atoms with Crippen LogP contribution in [0.15, 0.2) is 48.0 Å². The first-order valence-corrected chi connectivity index (χ1v) is 8.24. The second-order valence-electron chi connectivity index (χ2n) is 5.85. The molecule has 0 spiro atoms. The van der Waals surface area contributed by atoms with Crippen LogP contribution < -0.4 is 10.3 Å². The van der Waals surface area contributed by atoms with Crippen LogP contribution >= 0.6 is 0 Å². The number of rotatable bonds is 4. The lowest BCUT2D eigenvalue weighted by Gasteiger charge is -2.22. The van der Waals surface area contributed by atoms with Crippen molar-refractivity contribution < 1.29 is 0 Å². The van der Waals surface area contributed by atoms with Gasteiger partial charge < -0.3 is 4.90 Å². The maximum absolute atomic E-state index is 4.37. The number of hydrogen-bond acceptors (Lipinski definition) is 5. The molecule has 1 aliphatic heterocycles. The van der Waals surface area contributed by atoms with Crippen molar-refractivity contribution in [1.29, 1.82) is 0 Å². The first kappa shape index (κ1) is 15.5. The molecule has 0 atom stereocenters. The van der Waals surface area contributed by atoms with Crippen LogP contribution in [0.2, 0.25) is 0 Å². The summed E-state index contributed by atoms with van der Waals surface area (Å²) < 4.78 is 0. The molecule has 0 aliphatic carbocycles. The molecule has 23 heavy (non-hydrogen) atoms. The van der Waals surface area contributed by atoms with Crippen LogP contribution in [-0.4, -0.2) is 28.8 Å². The van der Waals surface area contributed by atoms with Crippen molar-refractivity contribution in [1.82, 2.24) is 9.97 Å². The van der Waals surface area contributed by atoms with Gasteiger partial charge >= 0.3 is 0 Å². The first-order chi connectivity index (χ1) is 11.3. The Labute approximate surface area is 137 Å². The second-order valence-corrected chi connectivity index (χ2v) is 5.85. The van der Waals surface area contributed by atoms with Crippen molar-refractivity contribution >= 4 is 17.2 Å². The van der Waals surface area contributed by atoms with E-state index >= 15 is 0 Å². The van der Waals surface area contributed by atoms with E-state index < -0.39 is 0 Å². The second kappa shape index (κ2) is 7.72. The summed E-state index contributed by atoms with van der Waals surface area (Å²) in [7, 11) is 0. The third-order valence-electron chi connectivity index (χ3n) is 4.16. The number of benzene rings is 1. The van der Waals surface area contributed by atoms with Crippen molar-refractivity contribution in [2.75, 3.05) is 23.4 Å². The molecule has 1 aliphatic rings. The molecule has 5 heteroatoms. The zero-order valence-corrected chi connectivity index (χ0v) is 13.6. The number of hydrazone groups is 1. The fourth-order valence-corrected chi connectivity index (χ4v) is 2.80. The average molecular weight is 309 g/mol. The van der Waals surface area contributed by atoms with Crippen molar-refractivity contribution in [3.8, 4) is 0 Å². The van der Waals surface area contributed by atoms with Crippen molar-refractivity contribution in [3.05, 3.63) is 48.4 Å². The van der Waals surface area contributed by atoms with E-state index in [1.807, 2.05) is 6.92 Å². The zero-order valence-electron chi connectivity index (χ0n) is 13.6. The highest BCUT2D eigenvalue weighted by Gasteiger charge is 2.09. The maximum atomic E-state index is 4.37. The molecule has 2 aromatic rings. The monoisotopic (exact) mass is 309 g/mol. The summed E-state index contributed by atoms with van der Waals surface area (Å²) >= 11 is 0. The SMILES string of the molecule is CC(=NNc1cnccn1)c1ccc(N2CCCCCC2)cc1. The van der Waals surface area contributed by atoms with Gasteiger partial charge in [-0.05, 0) is 37.5 Å². The molecule has 1 aromatic heterocycles. The van der Waals surface area contributed by atoms with Gasteiger partial charge in [0.2, 0.25) is 0 Å². The molecule has 1 fully saturated rings. The van der Waals surface area contributed by atoms with Crippen molar-refractivity contribution in [2.24, 2.45) is 5.10 Å². The van der Waals surface area contributed by atoms with Gasteiger partial charge in [-0.25, -0.2) is 4.98 Å². The van der Waals surface area contributed by atoms with Crippen LogP contribution in [0, 0.1) is 0 Å². The van der Waals surface area contributed by atoms with E-state index in [4.69, 9.17) is 0 Å². The van der Waals surface area contributed by atoms with Crippen LogP contribution in [0.5, 0.6) is 0 Å². The summed E-state index contributed by atoms with van der Waals surface area (Å²) in [4.78, 5) is 10.6. The average Bonchev–Trinajstić information content (AvgIpc) is 2.90. The molecule has 2 heterocycles. The topological polar surface area (TPSA) is 53.4 Å². The molecule has 1 saturated heterocycles. The van der Waals surface area contributed by atoms with Crippen LogP contribution in [0.25, 0.3) is 0 Å². The molecule has 5 nitrogen and oxygen atoms in total. The Morgan fingerprint density at radius 1 is 1.04 bits per heavy atom. The predicted molar refractivity (Wildman–Crippen MR) is 95.0 cm³/mol. The normalized spacial score (nSPS) is 16.0. The van der Waals surface area contributed by atoms with Gasteiger partial charge in [-0.3, -0.25) is 10.4 Å². The summed E-state index contributed by atoms with van der Waals surface area (Å²) in [6, 6.07) is 8.67. The van der Waals surface area contributed by atoms with E-state index in [0.29, 0.717) is 5.82 Å². The lowest BCUT2D eigenvalue weighted by atomic mass is 10.1. The smallest absolute Gasteiger partial charge is 0.164 e. The third-order valence-corrected chi connectivity index (χ3v) is 4.16. The minimum Gasteiger partial charge on any atom is -0.372 e. The van der Waals surface area contributed by atoms with E-state index in [-0.39, 0.29) is 0 Å². The van der Waals surface area contributed by atoms with Crippen LogP contribution in [0.3, 0.4) is 0 Å². The lowest BCUT2D eigenvalue weighted by molar-refractivity contribution is 0.726. The fraction of sp³-hybridized carbons (Fsp3) is 0.389. The first-order valence-electron chi connectivity index (χ1n) is 8.24. The van der Waals surface area contributed by atoms with Gasteiger partial charge in [-0.1, -0.05) is 25.0 Å². The Kier molecular flexibility index (Phi) is 5.19. The molecule has 0 amide bonds. The summed E-state index contributed by atoms with van der Waals surface area (Å²) in [5, 5.41) is 4.37. The quantitative estimate of drug-likeness (QED) is 0.691. The molecule has 0 unspecified atom stereocenters. The molecular formula is C18H23N5. The van der Waals surface area contributed by atoms with Gasteiger partial charge in [0.1, 0.15) is 0 Å². The third kappa shape index (κ3) is 4.28. The van der Waals surface area contributed by atoms with E-state index in [2.05, 4.69) is 49.7 Å². The van der Waals surface area contributed by atoms with Gasteiger partial charge in [0.25, 0.3) is 0 Å². The van der Waals surface area contributed by atoms with Gasteiger partial charge in [-0.2, -0.15) is 5.10 Å². The zero-order chi connectivity index (χ0) is 15.9. The molecule has 3 rings (SSSR count). The number of anilines is 2. The fourth-order valence-electron chi connectivity index (χ4n) is 2.80. The van der Waals surface area contributed by atoms with E-state index in [1.165, 1.54) is 44.5 Å². The Morgan fingerprint density at radius 2 is 1.78 bits per heavy atom. The summed E-state index contributed by atoms with van der Waals surface area (Å²) in [6.45, 7) is 4.33. The highest BCUT2D eigenvalue weighted by Crippen LogP contribution is 2.20. The van der Waals surface area contributed by atoms with Crippen molar-refractivity contribution in [2.45, 2.75) is 32.6 Å². The van der Waals surface area contributed by atoms with E-state index in [0.717, 1.165) is 11.3 Å². The van der Waals surface area contributed by atoms with Gasteiger partial charge in [0.05, 0.1) is 11.9 Å². The van der Waals surface area contributed by atoms with Crippen molar-refractivity contribution in [3.63, 3.8) is 0 Å². The Hall–Kier alpha value is -2.43. The number of aromatic nitrogens is 2. The summed E-state index contributed by atoms with van der Waals surface area (Å²) in [6.07, 6.45) is 10.2. The molecule has 0 radical (unpaired) electrons. The lowest BCUT2D eigenvalue weighted by Crippen LogP contribution is -2.23. The summed E-state index contributed by atoms with van der Waals surface area (Å²) in [5.74, 6) is 0.646. The molecule has 1 N–H and O–H groups in total. The highest BCUT2D eigenvalue weighted by molar-refractivity contribution is 5.99. The molecule has 1 aromatic carbocycles. The molecule has 0 saturated carbocycles. The van der Waals surface area contributed by atoms with E-state index in [1.54, 1.807) is 18.6 Å². The minimum atomic E-state index is 0.646. The standard InChI is InChI=1S/C18H23N5/c1-15(21-22-18-14-19-10-11-20-18)16-6-8-17(9-7-16)23-12-4-2-3-5-13-23/h6-11,14H,2-5,12-13H2,1H3,(H,20,22). The van der Waals surface area contributed by atoms with Gasteiger partial charge in [-0.15, -0.1) is 0 Å². The predicted octanol–water partition coefficient (Wildman–Crippen LogP) is 3.69. The number of nitrogens with one attached hydrogen (secondary N) is 1. The summed E-state index contributed by atoms with van der Waals surface area (Å²) in [5.41, 5.74) is 6.28. The molecule has 0 bridgehead atoms. The maximum Gasteiger partial charge on any atom is 0.164 e. The largest absolute Gasteiger partial charge is 0.372 e. The van der Waals surface area contributed by atoms with Crippen LogP contribution in [-0.2, 0) is 0 Å². The van der Waals surface area contributed by atoms with Gasteiger partial charge in [0.15, 0.2) is 5.82 Å². The molecular weight excluding hydrogens is 286 g/mol. The Morgan fingerprint density at radius 3 is 2.43 bits per heavy atom. The number of nitrogens with zero attached hydrogens (tertiary/aromatic N) is 4. The Bertz CT molecular complexity index is 628. The Balaban J connectivity index is 1.66. The van der Waals surface area contributed by atoms with E-state index in [9.17, 15) is 0 Å². The molecule has 120 valence electrons. The minimum absolute atomic E-state index is 0.646.